The van der Waals surface area contributed by atoms with Crippen molar-refractivity contribution in [3.05, 3.63) is 47.9 Å². The lowest BCUT2D eigenvalue weighted by Crippen LogP contribution is -2.47. The average molecular weight is 368 g/mol. The van der Waals surface area contributed by atoms with E-state index in [0.717, 1.165) is 5.69 Å². The van der Waals surface area contributed by atoms with Crippen LogP contribution < -0.4 is 4.90 Å². The molecular formula is C20H24N4O3. The SMILES string of the molecule is Cc1nc(C(=O)N2CCC3(CC2)OCCO3)cc(N(C)c2ccccc2)n1. The molecule has 0 bridgehead atoms. The van der Waals surface area contributed by atoms with Crippen LogP contribution in [0.2, 0.25) is 0 Å². The van der Waals surface area contributed by atoms with E-state index in [1.165, 1.54) is 0 Å². The van der Waals surface area contributed by atoms with Crippen LogP contribution in [0.5, 0.6) is 0 Å². The number of amides is 1. The van der Waals surface area contributed by atoms with Gasteiger partial charge >= 0.3 is 0 Å². The zero-order valence-electron chi connectivity index (χ0n) is 15.7. The number of anilines is 2. The number of benzene rings is 1. The predicted molar refractivity (Wildman–Crippen MR) is 101 cm³/mol. The third-order valence-corrected chi connectivity index (χ3v) is 5.16. The summed E-state index contributed by atoms with van der Waals surface area (Å²) in [5.41, 5.74) is 1.42. The van der Waals surface area contributed by atoms with Crippen LogP contribution in [-0.2, 0) is 9.47 Å². The number of rotatable bonds is 3. The van der Waals surface area contributed by atoms with E-state index in [1.54, 1.807) is 6.07 Å². The summed E-state index contributed by atoms with van der Waals surface area (Å²) in [4.78, 5) is 25.7. The van der Waals surface area contributed by atoms with E-state index < -0.39 is 5.79 Å². The van der Waals surface area contributed by atoms with Gasteiger partial charge in [-0.1, -0.05) is 18.2 Å². The Balaban J connectivity index is 1.52. The monoisotopic (exact) mass is 368 g/mol. The number of nitrogens with zero attached hydrogens (tertiary/aromatic N) is 4. The first kappa shape index (κ1) is 17.9. The number of carbonyl (C=O) groups excluding carboxylic acids is 1. The zero-order valence-corrected chi connectivity index (χ0v) is 15.7. The Morgan fingerprint density at radius 2 is 1.78 bits per heavy atom. The van der Waals surface area contributed by atoms with Crippen molar-refractivity contribution in [3.63, 3.8) is 0 Å². The first-order chi connectivity index (χ1) is 13.1. The van der Waals surface area contributed by atoms with E-state index in [1.807, 2.05) is 54.1 Å². The summed E-state index contributed by atoms with van der Waals surface area (Å²) < 4.78 is 11.5. The summed E-state index contributed by atoms with van der Waals surface area (Å²) in [6.45, 7) is 4.28. The minimum atomic E-state index is -0.489. The second-order valence-electron chi connectivity index (χ2n) is 6.95. The Morgan fingerprint density at radius 1 is 1.11 bits per heavy atom. The van der Waals surface area contributed by atoms with Crippen LogP contribution >= 0.6 is 0 Å². The van der Waals surface area contributed by atoms with Gasteiger partial charge in [0.15, 0.2) is 5.79 Å². The molecule has 2 aromatic rings. The molecule has 7 heteroatoms. The highest BCUT2D eigenvalue weighted by Gasteiger charge is 2.41. The highest BCUT2D eigenvalue weighted by atomic mass is 16.7. The normalized spacial score (nSPS) is 18.7. The number of likely N-dealkylation sites (tertiary alicyclic amines) is 1. The number of hydrogen-bond donors (Lipinski definition) is 0. The molecule has 1 amide bonds. The van der Waals surface area contributed by atoms with Crippen molar-refractivity contribution in [2.24, 2.45) is 0 Å². The van der Waals surface area contributed by atoms with Crippen molar-refractivity contribution >= 4 is 17.4 Å². The van der Waals surface area contributed by atoms with E-state index in [2.05, 4.69) is 9.97 Å². The van der Waals surface area contributed by atoms with Gasteiger partial charge in [0.25, 0.3) is 5.91 Å². The molecule has 2 aliphatic rings. The number of aromatic nitrogens is 2. The van der Waals surface area contributed by atoms with Crippen molar-refractivity contribution < 1.29 is 14.3 Å². The summed E-state index contributed by atoms with van der Waals surface area (Å²) in [7, 11) is 1.94. The summed E-state index contributed by atoms with van der Waals surface area (Å²) in [6.07, 6.45) is 1.39. The molecule has 0 aliphatic carbocycles. The summed E-state index contributed by atoms with van der Waals surface area (Å²) in [5, 5.41) is 0. The fourth-order valence-electron chi connectivity index (χ4n) is 3.62. The second-order valence-corrected chi connectivity index (χ2v) is 6.95. The van der Waals surface area contributed by atoms with Crippen molar-refractivity contribution in [2.75, 3.05) is 38.3 Å². The number of ether oxygens (including phenoxy) is 2. The topological polar surface area (TPSA) is 67.8 Å². The van der Waals surface area contributed by atoms with Gasteiger partial charge in [-0.2, -0.15) is 0 Å². The largest absolute Gasteiger partial charge is 0.347 e. The minimum Gasteiger partial charge on any atom is -0.347 e. The Hall–Kier alpha value is -2.51. The van der Waals surface area contributed by atoms with Crippen molar-refractivity contribution in [2.45, 2.75) is 25.6 Å². The fraction of sp³-hybridized carbons (Fsp3) is 0.450. The lowest BCUT2D eigenvalue weighted by molar-refractivity contribution is -0.181. The van der Waals surface area contributed by atoms with Gasteiger partial charge in [-0.25, -0.2) is 9.97 Å². The summed E-state index contributed by atoms with van der Waals surface area (Å²) >= 11 is 0. The molecule has 2 saturated heterocycles. The minimum absolute atomic E-state index is 0.0731. The molecule has 2 fully saturated rings. The molecule has 1 aromatic heterocycles. The molecule has 0 saturated carbocycles. The van der Waals surface area contributed by atoms with Crippen LogP contribution in [0.3, 0.4) is 0 Å². The van der Waals surface area contributed by atoms with Crippen LogP contribution in [0.25, 0.3) is 0 Å². The highest BCUT2D eigenvalue weighted by Crippen LogP contribution is 2.32. The molecule has 0 radical (unpaired) electrons. The first-order valence-corrected chi connectivity index (χ1v) is 9.28. The molecule has 0 unspecified atom stereocenters. The Kier molecular flexibility index (Phi) is 4.80. The van der Waals surface area contributed by atoms with Gasteiger partial charge in [0.05, 0.1) is 13.2 Å². The zero-order chi connectivity index (χ0) is 18.9. The maximum Gasteiger partial charge on any atom is 0.272 e. The van der Waals surface area contributed by atoms with Crippen LogP contribution in [0.1, 0.15) is 29.2 Å². The van der Waals surface area contributed by atoms with E-state index in [0.29, 0.717) is 56.5 Å². The lowest BCUT2D eigenvalue weighted by atomic mass is 10.0. The van der Waals surface area contributed by atoms with Gasteiger partial charge in [-0.15, -0.1) is 0 Å². The van der Waals surface area contributed by atoms with Gasteiger partial charge in [0.2, 0.25) is 0 Å². The van der Waals surface area contributed by atoms with E-state index in [4.69, 9.17) is 9.47 Å². The molecule has 3 heterocycles. The molecule has 1 aromatic carbocycles. The number of hydrogen-bond acceptors (Lipinski definition) is 6. The van der Waals surface area contributed by atoms with Crippen molar-refractivity contribution in [3.8, 4) is 0 Å². The highest BCUT2D eigenvalue weighted by molar-refractivity contribution is 5.93. The number of aryl methyl sites for hydroxylation is 1. The summed E-state index contributed by atoms with van der Waals surface area (Å²) in [6, 6.07) is 11.7. The third-order valence-electron chi connectivity index (χ3n) is 5.16. The number of carbonyl (C=O) groups is 1. The van der Waals surface area contributed by atoms with E-state index in [-0.39, 0.29) is 5.91 Å². The standard InChI is InChI=1S/C20H24N4O3/c1-15-21-17(14-18(22-15)23(2)16-6-4-3-5-7-16)19(25)24-10-8-20(9-11-24)26-12-13-27-20/h3-7,14H,8-13H2,1-2H3. The van der Waals surface area contributed by atoms with Crippen LogP contribution in [0.15, 0.2) is 36.4 Å². The second kappa shape index (κ2) is 7.25. The van der Waals surface area contributed by atoms with Gasteiger partial charge in [0.1, 0.15) is 17.3 Å². The first-order valence-electron chi connectivity index (χ1n) is 9.28. The summed E-state index contributed by atoms with van der Waals surface area (Å²) in [5.74, 6) is 0.718. The van der Waals surface area contributed by atoms with Gasteiger partial charge < -0.3 is 19.3 Å². The van der Waals surface area contributed by atoms with Gasteiger partial charge in [-0.3, -0.25) is 4.79 Å². The molecule has 2 aliphatic heterocycles. The smallest absolute Gasteiger partial charge is 0.272 e. The Bertz CT molecular complexity index is 811. The molecule has 0 N–H and O–H groups in total. The molecule has 0 atom stereocenters. The lowest BCUT2D eigenvalue weighted by Gasteiger charge is -2.37. The molecule has 4 rings (SSSR count). The van der Waals surface area contributed by atoms with Crippen molar-refractivity contribution in [1.29, 1.82) is 0 Å². The molecule has 142 valence electrons. The van der Waals surface area contributed by atoms with Crippen LogP contribution in [0, 0.1) is 6.92 Å². The quantitative estimate of drug-likeness (QED) is 0.829. The Morgan fingerprint density at radius 3 is 2.44 bits per heavy atom. The predicted octanol–water partition coefficient (Wildman–Crippen LogP) is 2.53. The maximum atomic E-state index is 13.0. The number of piperidine rings is 1. The van der Waals surface area contributed by atoms with Crippen LogP contribution in [-0.4, -0.2) is 59.9 Å². The van der Waals surface area contributed by atoms with E-state index in [9.17, 15) is 4.79 Å². The molecule has 27 heavy (non-hydrogen) atoms. The molecule has 7 nitrogen and oxygen atoms in total. The number of para-hydroxylation sites is 1. The average Bonchev–Trinajstić information content (AvgIpc) is 3.15. The van der Waals surface area contributed by atoms with E-state index >= 15 is 0 Å². The molecule has 1 spiro atoms. The van der Waals surface area contributed by atoms with Crippen LogP contribution in [0.4, 0.5) is 11.5 Å². The fourth-order valence-corrected chi connectivity index (χ4v) is 3.62. The van der Waals surface area contributed by atoms with Gasteiger partial charge in [0, 0.05) is 44.7 Å². The third kappa shape index (κ3) is 3.65. The molecular weight excluding hydrogens is 344 g/mol. The maximum absolute atomic E-state index is 13.0. The van der Waals surface area contributed by atoms with Gasteiger partial charge in [-0.05, 0) is 19.1 Å². The Labute approximate surface area is 158 Å². The van der Waals surface area contributed by atoms with Crippen molar-refractivity contribution in [1.82, 2.24) is 14.9 Å².